The van der Waals surface area contributed by atoms with Crippen LogP contribution < -0.4 is 11.0 Å². The van der Waals surface area contributed by atoms with Crippen LogP contribution in [0.3, 0.4) is 0 Å². The lowest BCUT2D eigenvalue weighted by molar-refractivity contribution is 0.565. The number of aromatic amines is 1. The normalized spacial score (nSPS) is 12.0. The molecule has 0 atom stereocenters. The summed E-state index contributed by atoms with van der Waals surface area (Å²) in [6.45, 7) is 6.81. The van der Waals surface area contributed by atoms with Gasteiger partial charge < -0.3 is 5.32 Å². The van der Waals surface area contributed by atoms with Crippen LogP contribution in [0.25, 0.3) is 16.4 Å². The Balaban J connectivity index is 1.76. The molecule has 4 rings (SSSR count). The molecular weight excluding hydrogens is 326 g/mol. The largest absolute Gasteiger partial charge is 0.363 e. The van der Waals surface area contributed by atoms with Gasteiger partial charge in [-0.1, -0.05) is 63.2 Å². The third kappa shape index (κ3) is 2.83. The smallest absolute Gasteiger partial charge is 0.347 e. The molecule has 0 saturated carbocycles. The average molecular weight is 347 g/mol. The Hall–Kier alpha value is -3.15. The summed E-state index contributed by atoms with van der Waals surface area (Å²) in [5.41, 5.74) is 2.06. The van der Waals surface area contributed by atoms with Crippen molar-refractivity contribution in [1.29, 1.82) is 0 Å². The second kappa shape index (κ2) is 5.98. The molecule has 0 aliphatic heterocycles. The van der Waals surface area contributed by atoms with Crippen molar-refractivity contribution >= 4 is 22.2 Å². The molecule has 2 N–H and O–H groups in total. The van der Waals surface area contributed by atoms with Gasteiger partial charge in [-0.15, -0.1) is 5.10 Å². The molecule has 6 heteroatoms. The number of H-pyrrole nitrogens is 1. The zero-order valence-electron chi connectivity index (χ0n) is 15.1. The second-order valence-electron chi connectivity index (χ2n) is 7.44. The Morgan fingerprint density at radius 2 is 1.88 bits per heavy atom. The predicted molar refractivity (Wildman–Crippen MR) is 104 cm³/mol. The number of fused-ring (bicyclic) bond motifs is 2. The van der Waals surface area contributed by atoms with Crippen LogP contribution in [0, 0.1) is 0 Å². The standard InChI is InChI=1S/C20H21N5O/c1-20(2,3)16-12-25-18(23-24-19(25)26)17(22-16)21-11-14-9-6-8-13-7-4-5-10-15(13)14/h4-10,12H,11H2,1-3H3,(H,21,22)(H,24,26). The number of benzene rings is 2. The van der Waals surface area contributed by atoms with Crippen molar-refractivity contribution in [2.75, 3.05) is 5.32 Å². The average Bonchev–Trinajstić information content (AvgIpc) is 3.00. The summed E-state index contributed by atoms with van der Waals surface area (Å²) in [6.07, 6.45) is 1.75. The van der Waals surface area contributed by atoms with Crippen LogP contribution in [0.4, 0.5) is 5.82 Å². The van der Waals surface area contributed by atoms with Gasteiger partial charge in [-0.2, -0.15) is 0 Å². The molecule has 0 spiro atoms. The summed E-state index contributed by atoms with van der Waals surface area (Å²) in [5.74, 6) is 0.601. The lowest BCUT2D eigenvalue weighted by Crippen LogP contribution is -2.19. The first-order valence-corrected chi connectivity index (χ1v) is 8.62. The van der Waals surface area contributed by atoms with E-state index in [1.54, 1.807) is 6.20 Å². The summed E-state index contributed by atoms with van der Waals surface area (Å²) in [6, 6.07) is 14.5. The van der Waals surface area contributed by atoms with Gasteiger partial charge in [0.25, 0.3) is 0 Å². The van der Waals surface area contributed by atoms with E-state index in [9.17, 15) is 4.79 Å². The van der Waals surface area contributed by atoms with Crippen LogP contribution in [-0.4, -0.2) is 19.6 Å². The van der Waals surface area contributed by atoms with E-state index in [1.165, 1.54) is 20.7 Å². The number of hydrogen-bond donors (Lipinski definition) is 2. The van der Waals surface area contributed by atoms with Gasteiger partial charge in [0.1, 0.15) is 0 Å². The minimum absolute atomic E-state index is 0.180. The topological polar surface area (TPSA) is 75.1 Å². The molecule has 0 bridgehead atoms. The van der Waals surface area contributed by atoms with Crippen molar-refractivity contribution in [2.45, 2.75) is 32.7 Å². The molecule has 0 fully saturated rings. The maximum absolute atomic E-state index is 12.0. The number of nitrogens with one attached hydrogen (secondary N) is 2. The molecule has 2 aromatic heterocycles. The second-order valence-corrected chi connectivity index (χ2v) is 7.44. The molecule has 132 valence electrons. The third-order valence-corrected chi connectivity index (χ3v) is 4.49. The van der Waals surface area contributed by atoms with Crippen LogP contribution in [0.1, 0.15) is 32.0 Å². The summed E-state index contributed by atoms with van der Waals surface area (Å²) in [7, 11) is 0. The minimum Gasteiger partial charge on any atom is -0.363 e. The molecule has 0 unspecified atom stereocenters. The molecular formula is C20H21N5O. The van der Waals surface area contributed by atoms with Crippen molar-refractivity contribution in [3.05, 3.63) is 70.4 Å². The summed E-state index contributed by atoms with van der Waals surface area (Å²) < 4.78 is 1.51. The van der Waals surface area contributed by atoms with Gasteiger partial charge >= 0.3 is 5.69 Å². The van der Waals surface area contributed by atoms with Crippen LogP contribution >= 0.6 is 0 Å². The zero-order chi connectivity index (χ0) is 18.3. The van der Waals surface area contributed by atoms with Crippen molar-refractivity contribution < 1.29 is 0 Å². The van der Waals surface area contributed by atoms with Crippen LogP contribution in [0.5, 0.6) is 0 Å². The Labute approximate surface area is 150 Å². The van der Waals surface area contributed by atoms with E-state index in [2.05, 4.69) is 60.6 Å². The highest BCUT2D eigenvalue weighted by atomic mass is 16.1. The minimum atomic E-state index is -0.263. The van der Waals surface area contributed by atoms with E-state index in [1.807, 2.05) is 18.2 Å². The Bertz CT molecular complexity index is 1140. The zero-order valence-corrected chi connectivity index (χ0v) is 15.1. The van der Waals surface area contributed by atoms with Gasteiger partial charge in [-0.05, 0) is 16.3 Å². The van der Waals surface area contributed by atoms with E-state index in [0.29, 0.717) is 18.0 Å². The summed E-state index contributed by atoms with van der Waals surface area (Å²) >= 11 is 0. The highest BCUT2D eigenvalue weighted by Crippen LogP contribution is 2.24. The van der Waals surface area contributed by atoms with E-state index in [-0.39, 0.29) is 11.1 Å². The fraction of sp³-hybridized carbons (Fsp3) is 0.250. The number of nitrogens with zero attached hydrogens (tertiary/aromatic N) is 3. The molecule has 6 nitrogen and oxygen atoms in total. The molecule has 0 radical (unpaired) electrons. The fourth-order valence-corrected chi connectivity index (χ4v) is 3.02. The molecule has 2 aromatic carbocycles. The van der Waals surface area contributed by atoms with Crippen molar-refractivity contribution in [3.63, 3.8) is 0 Å². The molecule has 4 aromatic rings. The third-order valence-electron chi connectivity index (χ3n) is 4.49. The van der Waals surface area contributed by atoms with Crippen LogP contribution in [-0.2, 0) is 12.0 Å². The number of anilines is 1. The lowest BCUT2D eigenvalue weighted by Gasteiger charge is -2.19. The molecule has 26 heavy (non-hydrogen) atoms. The first-order valence-electron chi connectivity index (χ1n) is 8.62. The van der Waals surface area contributed by atoms with E-state index in [4.69, 9.17) is 4.98 Å². The van der Waals surface area contributed by atoms with Gasteiger partial charge in [0.2, 0.25) is 5.65 Å². The van der Waals surface area contributed by atoms with Crippen molar-refractivity contribution in [1.82, 2.24) is 19.6 Å². The Morgan fingerprint density at radius 3 is 2.69 bits per heavy atom. The van der Waals surface area contributed by atoms with E-state index < -0.39 is 0 Å². The molecule has 0 aliphatic carbocycles. The summed E-state index contributed by atoms with van der Waals surface area (Å²) in [4.78, 5) is 16.8. The first-order chi connectivity index (χ1) is 12.4. The maximum Gasteiger partial charge on any atom is 0.347 e. The van der Waals surface area contributed by atoms with Gasteiger partial charge in [-0.25, -0.2) is 19.3 Å². The van der Waals surface area contributed by atoms with Gasteiger partial charge in [0.15, 0.2) is 5.82 Å². The number of aromatic nitrogens is 4. The van der Waals surface area contributed by atoms with Crippen molar-refractivity contribution in [3.8, 4) is 0 Å². The number of hydrogen-bond acceptors (Lipinski definition) is 4. The highest BCUT2D eigenvalue weighted by molar-refractivity contribution is 5.85. The Kier molecular flexibility index (Phi) is 3.76. The highest BCUT2D eigenvalue weighted by Gasteiger charge is 2.20. The van der Waals surface area contributed by atoms with Crippen LogP contribution in [0.15, 0.2) is 53.5 Å². The Morgan fingerprint density at radius 1 is 1.12 bits per heavy atom. The quantitative estimate of drug-likeness (QED) is 0.595. The summed E-state index contributed by atoms with van der Waals surface area (Å²) in [5, 5.41) is 12.4. The molecule has 0 amide bonds. The molecule has 0 saturated heterocycles. The monoisotopic (exact) mass is 347 g/mol. The first kappa shape index (κ1) is 16.3. The number of rotatable bonds is 3. The molecule has 0 aliphatic rings. The van der Waals surface area contributed by atoms with Crippen molar-refractivity contribution in [2.24, 2.45) is 0 Å². The van der Waals surface area contributed by atoms with Gasteiger partial charge in [-0.3, -0.25) is 0 Å². The lowest BCUT2D eigenvalue weighted by atomic mass is 9.93. The van der Waals surface area contributed by atoms with Gasteiger partial charge in [0.05, 0.1) is 5.69 Å². The molecule has 2 heterocycles. The van der Waals surface area contributed by atoms with Gasteiger partial charge in [0, 0.05) is 18.2 Å². The fourth-order valence-electron chi connectivity index (χ4n) is 3.02. The van der Waals surface area contributed by atoms with E-state index in [0.717, 1.165) is 5.69 Å². The van der Waals surface area contributed by atoms with Crippen LogP contribution in [0.2, 0.25) is 0 Å². The van der Waals surface area contributed by atoms with E-state index >= 15 is 0 Å². The maximum atomic E-state index is 12.0. The SMILES string of the molecule is CC(C)(C)c1cn2c(=O)[nH]nc2c(NCc2cccc3ccccc23)n1. The predicted octanol–water partition coefficient (Wildman–Crippen LogP) is 3.48.